The van der Waals surface area contributed by atoms with Crippen molar-refractivity contribution < 1.29 is 19.3 Å². The van der Waals surface area contributed by atoms with Crippen molar-refractivity contribution in [3.63, 3.8) is 0 Å². The van der Waals surface area contributed by atoms with Crippen molar-refractivity contribution in [2.45, 2.75) is 0 Å². The lowest BCUT2D eigenvalue weighted by Crippen LogP contribution is -2.33. The molecule has 0 atom stereocenters. The topological polar surface area (TPSA) is 97.6 Å². The number of hydrogen-bond acceptors (Lipinski definition) is 6. The predicted octanol–water partition coefficient (Wildman–Crippen LogP) is 4.17. The van der Waals surface area contributed by atoms with E-state index in [0.29, 0.717) is 10.6 Å². The molecule has 3 rings (SSSR count). The second-order valence-corrected chi connectivity index (χ2v) is 6.98. The van der Waals surface area contributed by atoms with Gasteiger partial charge in [0.25, 0.3) is 16.8 Å². The Morgan fingerprint density at radius 2 is 1.74 bits per heavy atom. The smallest absolute Gasteiger partial charge is 0.292 e. The highest BCUT2D eigenvalue weighted by molar-refractivity contribution is 8.18. The molecular formula is C18H11ClN2O5S. The van der Waals surface area contributed by atoms with Gasteiger partial charge in [-0.1, -0.05) is 23.7 Å². The van der Waals surface area contributed by atoms with Crippen molar-refractivity contribution in [3.8, 4) is 0 Å². The number of hydrogen-bond donors (Lipinski definition) is 0. The van der Waals surface area contributed by atoms with E-state index in [1.807, 2.05) is 0 Å². The largest absolute Gasteiger partial charge is 0.293 e. The molecule has 1 heterocycles. The van der Waals surface area contributed by atoms with Crippen LogP contribution in [0.15, 0.2) is 53.4 Å². The van der Waals surface area contributed by atoms with Crippen LogP contribution in [0.4, 0.5) is 10.5 Å². The van der Waals surface area contributed by atoms with E-state index < -0.39 is 28.4 Å². The molecule has 1 saturated heterocycles. The number of ketones is 1. The first kappa shape index (κ1) is 18.8. The van der Waals surface area contributed by atoms with Gasteiger partial charge in [-0.25, -0.2) is 0 Å². The van der Waals surface area contributed by atoms with E-state index >= 15 is 0 Å². The second kappa shape index (κ2) is 7.73. The fraction of sp³-hybridized carbons (Fsp3) is 0.0556. The number of imide groups is 1. The standard InChI is InChI=1S/C18H11ClN2O5S/c19-13-5-1-11(2-6-13)9-16-17(23)20(18(24)27-16)10-15(22)12-3-7-14(8-4-12)21(25)26/h1-9H,10H2/b16-9+. The van der Waals surface area contributed by atoms with Gasteiger partial charge in [-0.3, -0.25) is 29.4 Å². The molecule has 27 heavy (non-hydrogen) atoms. The van der Waals surface area contributed by atoms with Crippen molar-refractivity contribution in [2.24, 2.45) is 0 Å². The Morgan fingerprint density at radius 1 is 1.11 bits per heavy atom. The predicted molar refractivity (Wildman–Crippen MR) is 102 cm³/mol. The molecule has 0 saturated carbocycles. The minimum absolute atomic E-state index is 0.149. The number of rotatable bonds is 5. The molecule has 0 aliphatic carbocycles. The van der Waals surface area contributed by atoms with Crippen LogP contribution in [0.5, 0.6) is 0 Å². The van der Waals surface area contributed by atoms with E-state index in [9.17, 15) is 24.5 Å². The Balaban J connectivity index is 1.74. The van der Waals surface area contributed by atoms with Crippen molar-refractivity contribution in [3.05, 3.63) is 79.7 Å². The number of thioether (sulfide) groups is 1. The maximum atomic E-state index is 12.4. The number of carbonyl (C=O) groups excluding carboxylic acids is 3. The first-order valence-electron chi connectivity index (χ1n) is 7.64. The molecule has 0 unspecified atom stereocenters. The van der Waals surface area contributed by atoms with Gasteiger partial charge in [-0.05, 0) is 47.7 Å². The van der Waals surface area contributed by atoms with Crippen LogP contribution in [0.2, 0.25) is 5.02 Å². The molecule has 136 valence electrons. The van der Waals surface area contributed by atoms with Crippen LogP contribution in [0, 0.1) is 10.1 Å². The van der Waals surface area contributed by atoms with Crippen LogP contribution in [-0.4, -0.2) is 33.3 Å². The number of non-ortho nitro benzene ring substituents is 1. The van der Waals surface area contributed by atoms with Crippen LogP contribution in [0.1, 0.15) is 15.9 Å². The van der Waals surface area contributed by atoms with Gasteiger partial charge in [-0.15, -0.1) is 0 Å². The summed E-state index contributed by atoms with van der Waals surface area (Å²) in [6.07, 6.45) is 1.55. The molecule has 0 N–H and O–H groups in total. The maximum Gasteiger partial charge on any atom is 0.293 e. The zero-order valence-corrected chi connectivity index (χ0v) is 15.2. The van der Waals surface area contributed by atoms with E-state index in [1.54, 1.807) is 30.3 Å². The summed E-state index contributed by atoms with van der Waals surface area (Å²) >= 11 is 6.56. The van der Waals surface area contributed by atoms with Crippen LogP contribution >= 0.6 is 23.4 Å². The van der Waals surface area contributed by atoms with Gasteiger partial charge < -0.3 is 0 Å². The van der Waals surface area contributed by atoms with Crippen molar-refractivity contribution in [2.75, 3.05) is 6.54 Å². The molecule has 9 heteroatoms. The van der Waals surface area contributed by atoms with E-state index in [2.05, 4.69) is 0 Å². The number of amides is 2. The number of nitrogens with zero attached hydrogens (tertiary/aromatic N) is 2. The monoisotopic (exact) mass is 402 g/mol. The fourth-order valence-electron chi connectivity index (χ4n) is 2.35. The number of benzene rings is 2. The van der Waals surface area contributed by atoms with Gasteiger partial charge in [0.15, 0.2) is 5.78 Å². The number of nitro benzene ring substituents is 1. The first-order valence-corrected chi connectivity index (χ1v) is 8.83. The summed E-state index contributed by atoms with van der Waals surface area (Å²) in [5.41, 5.74) is 0.733. The first-order chi connectivity index (χ1) is 12.8. The summed E-state index contributed by atoms with van der Waals surface area (Å²) in [4.78, 5) is 48.0. The molecule has 0 spiro atoms. The molecule has 2 aromatic carbocycles. The minimum atomic E-state index is -0.577. The van der Waals surface area contributed by atoms with Crippen molar-refractivity contribution >= 4 is 52.1 Å². The number of halogens is 1. The van der Waals surface area contributed by atoms with E-state index in [1.165, 1.54) is 24.3 Å². The third-order valence-electron chi connectivity index (χ3n) is 3.74. The van der Waals surface area contributed by atoms with Gasteiger partial charge in [0, 0.05) is 22.7 Å². The lowest BCUT2D eigenvalue weighted by atomic mass is 10.1. The molecule has 1 aliphatic heterocycles. The molecule has 0 radical (unpaired) electrons. The van der Waals surface area contributed by atoms with Gasteiger partial charge in [0.05, 0.1) is 16.4 Å². The fourth-order valence-corrected chi connectivity index (χ4v) is 3.31. The summed E-state index contributed by atoms with van der Waals surface area (Å²) in [6, 6.07) is 11.7. The van der Waals surface area contributed by atoms with Crippen molar-refractivity contribution in [1.82, 2.24) is 4.90 Å². The molecule has 0 bridgehead atoms. The Bertz CT molecular complexity index is 970. The molecular weight excluding hydrogens is 392 g/mol. The summed E-state index contributed by atoms with van der Waals surface area (Å²) in [5.74, 6) is -1.05. The quantitative estimate of drug-likeness (QED) is 0.322. The van der Waals surface area contributed by atoms with Gasteiger partial charge >= 0.3 is 0 Å². The van der Waals surface area contributed by atoms with Gasteiger partial charge in [0.1, 0.15) is 0 Å². The Morgan fingerprint density at radius 3 is 2.33 bits per heavy atom. The molecule has 1 aliphatic rings. The minimum Gasteiger partial charge on any atom is -0.292 e. The maximum absolute atomic E-state index is 12.4. The lowest BCUT2D eigenvalue weighted by molar-refractivity contribution is -0.384. The average molecular weight is 403 g/mol. The molecule has 2 amide bonds. The Hall–Kier alpha value is -2.97. The third kappa shape index (κ3) is 4.24. The second-order valence-electron chi connectivity index (χ2n) is 5.55. The number of nitro groups is 1. The average Bonchev–Trinajstić information content (AvgIpc) is 2.91. The van der Waals surface area contributed by atoms with Crippen LogP contribution in [-0.2, 0) is 4.79 Å². The zero-order chi connectivity index (χ0) is 19.6. The number of carbonyl (C=O) groups is 3. The molecule has 0 aromatic heterocycles. The lowest BCUT2D eigenvalue weighted by Gasteiger charge is -2.11. The summed E-state index contributed by atoms with van der Waals surface area (Å²) < 4.78 is 0. The summed E-state index contributed by atoms with van der Waals surface area (Å²) in [6.45, 7) is -0.430. The summed E-state index contributed by atoms with van der Waals surface area (Å²) in [7, 11) is 0. The Labute approximate surface area is 162 Å². The van der Waals surface area contributed by atoms with E-state index in [4.69, 9.17) is 11.6 Å². The van der Waals surface area contributed by atoms with E-state index in [-0.39, 0.29) is 16.2 Å². The van der Waals surface area contributed by atoms with Crippen LogP contribution in [0.3, 0.4) is 0 Å². The highest BCUT2D eigenvalue weighted by Crippen LogP contribution is 2.32. The van der Waals surface area contributed by atoms with Crippen LogP contribution in [0.25, 0.3) is 6.08 Å². The molecule has 2 aromatic rings. The zero-order valence-electron chi connectivity index (χ0n) is 13.6. The summed E-state index contributed by atoms with van der Waals surface area (Å²) in [5, 5.41) is 10.7. The van der Waals surface area contributed by atoms with Crippen molar-refractivity contribution in [1.29, 1.82) is 0 Å². The van der Waals surface area contributed by atoms with Gasteiger partial charge in [0.2, 0.25) is 0 Å². The van der Waals surface area contributed by atoms with E-state index in [0.717, 1.165) is 16.7 Å². The normalized spacial score (nSPS) is 15.4. The SMILES string of the molecule is O=C(CN1C(=O)S/C(=C/c2ccc(Cl)cc2)C1=O)c1ccc([N+](=O)[O-])cc1. The van der Waals surface area contributed by atoms with Gasteiger partial charge in [-0.2, -0.15) is 0 Å². The van der Waals surface area contributed by atoms with Crippen LogP contribution < -0.4 is 0 Å². The molecule has 7 nitrogen and oxygen atoms in total. The highest BCUT2D eigenvalue weighted by atomic mass is 35.5. The number of Topliss-reactive ketones (excluding diaryl/α,β-unsaturated/α-hetero) is 1. The Kier molecular flexibility index (Phi) is 5.38. The molecule has 1 fully saturated rings. The third-order valence-corrected chi connectivity index (χ3v) is 4.90. The highest BCUT2D eigenvalue weighted by Gasteiger charge is 2.36.